The molecule has 0 bridgehead atoms. The summed E-state index contributed by atoms with van der Waals surface area (Å²) in [4.78, 5) is 41.6. The Morgan fingerprint density at radius 3 is 2.40 bits per heavy atom. The molecule has 0 fully saturated rings. The van der Waals surface area contributed by atoms with Crippen LogP contribution in [0.5, 0.6) is 5.75 Å². The molecule has 0 aliphatic rings. The van der Waals surface area contributed by atoms with Gasteiger partial charge in [0.25, 0.3) is 5.91 Å². The normalized spacial score (nSPS) is 12.3. The number of aromatic amines is 1. The number of anilines is 1. The summed E-state index contributed by atoms with van der Waals surface area (Å²) in [5.41, 5.74) is 10.5. The molecular weight excluding hydrogens is 592 g/mol. The molecule has 0 saturated carbocycles. The zero-order valence-corrected chi connectivity index (χ0v) is 25.1. The average molecular weight is 625 g/mol. The Morgan fingerprint density at radius 2 is 1.64 bits per heavy atom. The van der Waals surface area contributed by atoms with E-state index in [2.05, 4.69) is 15.6 Å². The number of carboxylic acid groups (broad SMARTS) is 1. The number of aliphatic carboxylic acids is 1. The molecule has 0 unspecified atom stereocenters. The molecule has 9 nitrogen and oxygen atoms in total. The van der Waals surface area contributed by atoms with Crippen molar-refractivity contribution < 1.29 is 24.2 Å². The highest BCUT2D eigenvalue weighted by Gasteiger charge is 2.23. The van der Waals surface area contributed by atoms with Gasteiger partial charge in [0.05, 0.1) is 11.7 Å². The summed E-state index contributed by atoms with van der Waals surface area (Å²) in [6.07, 6.45) is 2.84. The van der Waals surface area contributed by atoms with Gasteiger partial charge < -0.3 is 31.2 Å². The molecule has 0 radical (unpaired) electrons. The minimum absolute atomic E-state index is 0.126. The van der Waals surface area contributed by atoms with E-state index >= 15 is 0 Å². The Labute approximate surface area is 265 Å². The van der Waals surface area contributed by atoms with Crippen LogP contribution in [0.4, 0.5) is 5.69 Å². The van der Waals surface area contributed by atoms with Crippen LogP contribution < -0.4 is 21.1 Å². The number of hydrogen-bond donors (Lipinski definition) is 5. The van der Waals surface area contributed by atoms with Crippen molar-refractivity contribution in [2.24, 2.45) is 5.73 Å². The molecule has 0 aliphatic carbocycles. The van der Waals surface area contributed by atoms with Crippen LogP contribution in [-0.4, -0.2) is 40.0 Å². The monoisotopic (exact) mass is 624 g/mol. The first-order valence-electron chi connectivity index (χ1n) is 14.5. The number of halogens is 1. The third-order valence-corrected chi connectivity index (χ3v) is 7.68. The van der Waals surface area contributed by atoms with Crippen LogP contribution in [0.2, 0.25) is 5.02 Å². The van der Waals surface area contributed by atoms with E-state index in [1.807, 2.05) is 60.8 Å². The molecule has 2 amide bonds. The van der Waals surface area contributed by atoms with Gasteiger partial charge in [0, 0.05) is 27.7 Å². The van der Waals surface area contributed by atoms with Gasteiger partial charge in [0.15, 0.2) is 0 Å². The van der Waals surface area contributed by atoms with Crippen molar-refractivity contribution in [2.45, 2.75) is 38.0 Å². The second-order valence-electron chi connectivity index (χ2n) is 10.7. The summed E-state index contributed by atoms with van der Waals surface area (Å²) in [5.74, 6) is -1.92. The number of carbonyl (C=O) groups excluding carboxylic acids is 2. The molecule has 0 spiro atoms. The molecule has 0 saturated heterocycles. The molecule has 1 aromatic heterocycles. The fraction of sp³-hybridized carbons (Fsp3) is 0.171. The predicted molar refractivity (Wildman–Crippen MR) is 174 cm³/mol. The number of nitrogens with one attached hydrogen (secondary N) is 3. The summed E-state index contributed by atoms with van der Waals surface area (Å²) < 4.78 is 6.06. The minimum atomic E-state index is -1.13. The Bertz CT molecular complexity index is 1790. The lowest BCUT2D eigenvalue weighted by molar-refractivity contribution is -0.139. The van der Waals surface area contributed by atoms with Crippen LogP contribution in [0, 0.1) is 0 Å². The van der Waals surface area contributed by atoms with Gasteiger partial charge in [-0.3, -0.25) is 9.59 Å². The summed E-state index contributed by atoms with van der Waals surface area (Å²) in [6, 6.07) is 26.9. The van der Waals surface area contributed by atoms with Gasteiger partial charge in [-0.1, -0.05) is 72.3 Å². The van der Waals surface area contributed by atoms with Crippen LogP contribution in [0.15, 0.2) is 103 Å². The van der Waals surface area contributed by atoms with Crippen LogP contribution in [-0.2, 0) is 29.0 Å². The van der Waals surface area contributed by atoms with Gasteiger partial charge in [-0.05, 0) is 72.4 Å². The van der Waals surface area contributed by atoms with Gasteiger partial charge in [0.1, 0.15) is 18.4 Å². The van der Waals surface area contributed by atoms with Gasteiger partial charge in [0.2, 0.25) is 5.91 Å². The number of nitrogens with two attached hydrogens (primary N) is 1. The van der Waals surface area contributed by atoms with E-state index in [0.717, 1.165) is 27.6 Å². The maximum Gasteiger partial charge on any atom is 0.326 e. The van der Waals surface area contributed by atoms with E-state index in [-0.39, 0.29) is 24.3 Å². The smallest absolute Gasteiger partial charge is 0.326 e. The molecule has 6 N–H and O–H groups in total. The van der Waals surface area contributed by atoms with E-state index in [1.54, 1.807) is 30.3 Å². The van der Waals surface area contributed by atoms with Crippen molar-refractivity contribution in [2.75, 3.05) is 5.32 Å². The Hall–Kier alpha value is -5.12. The molecule has 45 heavy (non-hydrogen) atoms. The molecule has 230 valence electrons. The number of carboxylic acids is 1. The number of carbonyl (C=O) groups is 3. The highest BCUT2D eigenvalue weighted by Crippen LogP contribution is 2.28. The lowest BCUT2D eigenvalue weighted by Gasteiger charge is -2.18. The van der Waals surface area contributed by atoms with E-state index in [0.29, 0.717) is 23.6 Å². The molecular formula is C35H33ClN4O5. The quantitative estimate of drug-likeness (QED) is 0.113. The number of rotatable bonds is 13. The van der Waals surface area contributed by atoms with Gasteiger partial charge in [-0.15, -0.1) is 0 Å². The van der Waals surface area contributed by atoms with Crippen LogP contribution >= 0.6 is 11.6 Å². The lowest BCUT2D eigenvalue weighted by atomic mass is 10.0. The largest absolute Gasteiger partial charge is 0.487 e. The van der Waals surface area contributed by atoms with Crippen molar-refractivity contribution in [1.82, 2.24) is 10.3 Å². The van der Waals surface area contributed by atoms with Crippen molar-refractivity contribution in [1.29, 1.82) is 0 Å². The van der Waals surface area contributed by atoms with Gasteiger partial charge in [-0.2, -0.15) is 0 Å². The van der Waals surface area contributed by atoms with Crippen molar-refractivity contribution >= 4 is 46.0 Å². The molecule has 0 aliphatic heterocycles. The third kappa shape index (κ3) is 8.29. The molecule has 2 atom stereocenters. The Morgan fingerprint density at radius 1 is 0.911 bits per heavy atom. The SMILES string of the molecule is N[C@@H](Cc1c[nH]c2ccccc12)C(=O)Nc1ccc(C(=O)N[C@@H](CCc2ccccc2)C(=O)O)cc1OCc1ccc(Cl)cc1. The first-order chi connectivity index (χ1) is 21.8. The zero-order chi connectivity index (χ0) is 31.8. The minimum Gasteiger partial charge on any atom is -0.487 e. The standard InChI is InChI=1S/C35H33ClN4O5/c36-26-14-10-23(11-15-26)21-45-32-19-24(33(41)40-31(35(43)44)16-12-22-6-2-1-3-7-22)13-17-30(32)39-34(42)28(37)18-25-20-38-29-9-5-4-8-27(25)29/h1-11,13-15,17,19-20,28,31,38H,12,16,18,21,37H2,(H,39,42)(H,40,41)(H,43,44)/t28-,31-/m0/s1. The van der Waals surface area contributed by atoms with E-state index in [1.165, 1.54) is 12.1 Å². The van der Waals surface area contributed by atoms with Crippen LogP contribution in [0.25, 0.3) is 10.9 Å². The predicted octanol–water partition coefficient (Wildman–Crippen LogP) is 5.72. The average Bonchev–Trinajstić information content (AvgIpc) is 3.46. The van der Waals surface area contributed by atoms with E-state index in [9.17, 15) is 19.5 Å². The van der Waals surface area contributed by atoms with E-state index < -0.39 is 29.9 Å². The van der Waals surface area contributed by atoms with Crippen molar-refractivity contribution in [3.05, 3.63) is 131 Å². The first kappa shape index (κ1) is 31.3. The number of aryl methyl sites for hydroxylation is 1. The van der Waals surface area contributed by atoms with Gasteiger partial charge in [-0.25, -0.2) is 4.79 Å². The van der Waals surface area contributed by atoms with Crippen molar-refractivity contribution in [3.8, 4) is 5.75 Å². The second kappa shape index (κ2) is 14.6. The number of para-hydroxylation sites is 1. The van der Waals surface area contributed by atoms with Crippen LogP contribution in [0.1, 0.15) is 33.5 Å². The molecule has 1 heterocycles. The van der Waals surface area contributed by atoms with E-state index in [4.69, 9.17) is 22.1 Å². The summed E-state index contributed by atoms with van der Waals surface area (Å²) >= 11 is 6.01. The van der Waals surface area contributed by atoms with Gasteiger partial charge >= 0.3 is 5.97 Å². The highest BCUT2D eigenvalue weighted by molar-refractivity contribution is 6.30. The zero-order valence-electron chi connectivity index (χ0n) is 24.3. The molecule has 4 aromatic carbocycles. The summed E-state index contributed by atoms with van der Waals surface area (Å²) in [7, 11) is 0. The summed E-state index contributed by atoms with van der Waals surface area (Å²) in [6.45, 7) is 0.126. The third-order valence-electron chi connectivity index (χ3n) is 7.43. The topological polar surface area (TPSA) is 147 Å². The Kier molecular flexibility index (Phi) is 10.1. The number of aromatic nitrogens is 1. The first-order valence-corrected chi connectivity index (χ1v) is 14.8. The summed E-state index contributed by atoms with van der Waals surface area (Å²) in [5, 5.41) is 16.8. The number of H-pyrrole nitrogens is 1. The lowest BCUT2D eigenvalue weighted by Crippen LogP contribution is -2.41. The van der Waals surface area contributed by atoms with Crippen LogP contribution in [0.3, 0.4) is 0 Å². The molecule has 10 heteroatoms. The number of ether oxygens (including phenoxy) is 1. The fourth-order valence-corrected chi connectivity index (χ4v) is 5.06. The second-order valence-corrected chi connectivity index (χ2v) is 11.1. The molecule has 5 rings (SSSR count). The maximum absolute atomic E-state index is 13.2. The molecule has 5 aromatic rings. The number of amides is 2. The number of fused-ring (bicyclic) bond motifs is 1. The fourth-order valence-electron chi connectivity index (χ4n) is 4.94. The highest BCUT2D eigenvalue weighted by atomic mass is 35.5. The Balaban J connectivity index is 1.32. The number of benzene rings is 4. The van der Waals surface area contributed by atoms with Crippen molar-refractivity contribution in [3.63, 3.8) is 0 Å². The maximum atomic E-state index is 13.2. The number of hydrogen-bond acceptors (Lipinski definition) is 5.